The zero-order valence-corrected chi connectivity index (χ0v) is 21.2. The lowest BCUT2D eigenvalue weighted by atomic mass is 9.97. The molecule has 37 heavy (non-hydrogen) atoms. The summed E-state index contributed by atoms with van der Waals surface area (Å²) >= 11 is 0. The number of amides is 1. The second kappa shape index (κ2) is 9.87. The van der Waals surface area contributed by atoms with Crippen LogP contribution in [0, 0.1) is 13.8 Å². The third-order valence-corrected chi connectivity index (χ3v) is 7.53. The van der Waals surface area contributed by atoms with Crippen LogP contribution in [0.2, 0.25) is 0 Å². The van der Waals surface area contributed by atoms with Crippen LogP contribution in [0.4, 0.5) is 11.4 Å². The first-order valence-corrected chi connectivity index (χ1v) is 13.3. The molecule has 5 rings (SSSR count). The second-order valence-electron chi connectivity index (χ2n) is 8.79. The van der Waals surface area contributed by atoms with E-state index < -0.39 is 10.0 Å². The van der Waals surface area contributed by atoms with Gasteiger partial charge in [0.15, 0.2) is 0 Å². The van der Waals surface area contributed by atoms with Crippen LogP contribution in [0.15, 0.2) is 108 Å². The van der Waals surface area contributed by atoms with Crippen molar-refractivity contribution in [3.63, 3.8) is 0 Å². The van der Waals surface area contributed by atoms with E-state index in [0.29, 0.717) is 16.9 Å². The average Bonchev–Trinajstić information content (AvgIpc) is 2.90. The molecule has 0 spiro atoms. The van der Waals surface area contributed by atoms with Gasteiger partial charge in [0.25, 0.3) is 15.9 Å². The number of aryl methyl sites for hydroxylation is 1. The Morgan fingerprint density at radius 3 is 2.05 bits per heavy atom. The Kier molecular flexibility index (Phi) is 6.46. The SMILES string of the molecule is Cc1ccc(S(=O)(=O)Nc2ccc(NC(=O)c3c(C)c(-c4ccccc4)nc4ccccc34)cc2)cc1. The van der Waals surface area contributed by atoms with Gasteiger partial charge in [0.05, 0.1) is 21.7 Å². The Labute approximate surface area is 216 Å². The average molecular weight is 508 g/mol. The van der Waals surface area contributed by atoms with Crippen LogP contribution in [-0.2, 0) is 10.0 Å². The predicted octanol–water partition coefficient (Wildman–Crippen LogP) is 6.57. The number of aromatic nitrogens is 1. The number of hydrogen-bond acceptors (Lipinski definition) is 4. The minimum Gasteiger partial charge on any atom is -0.322 e. The van der Waals surface area contributed by atoms with E-state index in [2.05, 4.69) is 10.0 Å². The number of anilines is 2. The Morgan fingerprint density at radius 1 is 0.730 bits per heavy atom. The van der Waals surface area contributed by atoms with Crippen molar-refractivity contribution in [2.24, 2.45) is 0 Å². The summed E-state index contributed by atoms with van der Waals surface area (Å²) in [5.74, 6) is -0.263. The lowest BCUT2D eigenvalue weighted by Gasteiger charge is -2.15. The highest BCUT2D eigenvalue weighted by Gasteiger charge is 2.19. The number of nitrogens with one attached hydrogen (secondary N) is 2. The first-order chi connectivity index (χ1) is 17.8. The number of hydrogen-bond donors (Lipinski definition) is 2. The first-order valence-electron chi connectivity index (χ1n) is 11.8. The number of pyridine rings is 1. The molecular formula is C30H25N3O3S. The maximum atomic E-state index is 13.5. The zero-order valence-electron chi connectivity index (χ0n) is 20.4. The molecule has 0 aliphatic heterocycles. The maximum absolute atomic E-state index is 13.5. The molecule has 5 aromatic rings. The number of sulfonamides is 1. The van der Waals surface area contributed by atoms with Gasteiger partial charge in [-0.05, 0) is 61.9 Å². The molecule has 0 radical (unpaired) electrons. The van der Waals surface area contributed by atoms with Gasteiger partial charge in [-0.15, -0.1) is 0 Å². The smallest absolute Gasteiger partial charge is 0.261 e. The van der Waals surface area contributed by atoms with E-state index in [4.69, 9.17) is 4.98 Å². The van der Waals surface area contributed by atoms with Crippen molar-refractivity contribution in [3.05, 3.63) is 120 Å². The lowest BCUT2D eigenvalue weighted by Crippen LogP contribution is -2.16. The monoisotopic (exact) mass is 507 g/mol. The van der Waals surface area contributed by atoms with E-state index in [1.807, 2.05) is 68.4 Å². The molecule has 0 saturated heterocycles. The molecule has 1 heterocycles. The number of rotatable bonds is 6. The Balaban J connectivity index is 1.42. The fourth-order valence-electron chi connectivity index (χ4n) is 4.22. The number of fused-ring (bicyclic) bond motifs is 1. The van der Waals surface area contributed by atoms with Gasteiger partial charge in [0, 0.05) is 22.3 Å². The quantitative estimate of drug-likeness (QED) is 0.272. The Morgan fingerprint density at radius 2 is 1.35 bits per heavy atom. The van der Waals surface area contributed by atoms with Crippen LogP contribution in [0.3, 0.4) is 0 Å². The summed E-state index contributed by atoms with van der Waals surface area (Å²) in [5, 5.41) is 3.72. The van der Waals surface area contributed by atoms with E-state index in [-0.39, 0.29) is 10.8 Å². The van der Waals surface area contributed by atoms with Crippen LogP contribution in [-0.4, -0.2) is 19.3 Å². The van der Waals surface area contributed by atoms with Crippen molar-refractivity contribution < 1.29 is 13.2 Å². The van der Waals surface area contributed by atoms with Crippen molar-refractivity contribution in [1.82, 2.24) is 4.98 Å². The van der Waals surface area contributed by atoms with E-state index in [0.717, 1.165) is 33.3 Å². The number of carbonyl (C=O) groups is 1. The van der Waals surface area contributed by atoms with Gasteiger partial charge in [-0.3, -0.25) is 9.52 Å². The van der Waals surface area contributed by atoms with Gasteiger partial charge in [-0.25, -0.2) is 13.4 Å². The highest BCUT2D eigenvalue weighted by Crippen LogP contribution is 2.30. The van der Waals surface area contributed by atoms with Crippen molar-refractivity contribution in [3.8, 4) is 11.3 Å². The number of benzene rings is 4. The third-order valence-electron chi connectivity index (χ3n) is 6.14. The fraction of sp³-hybridized carbons (Fsp3) is 0.0667. The van der Waals surface area contributed by atoms with E-state index in [9.17, 15) is 13.2 Å². The minimum atomic E-state index is -3.71. The highest BCUT2D eigenvalue weighted by atomic mass is 32.2. The van der Waals surface area contributed by atoms with Gasteiger partial charge < -0.3 is 5.32 Å². The number of nitrogens with zero attached hydrogens (tertiary/aromatic N) is 1. The molecule has 0 bridgehead atoms. The summed E-state index contributed by atoms with van der Waals surface area (Å²) in [7, 11) is -3.71. The summed E-state index contributed by atoms with van der Waals surface area (Å²) in [4.78, 5) is 18.5. The van der Waals surface area contributed by atoms with Crippen LogP contribution in [0.1, 0.15) is 21.5 Å². The van der Waals surface area contributed by atoms with Gasteiger partial charge in [-0.2, -0.15) is 0 Å². The van der Waals surface area contributed by atoms with E-state index in [1.165, 1.54) is 0 Å². The van der Waals surface area contributed by atoms with Crippen LogP contribution in [0.5, 0.6) is 0 Å². The van der Waals surface area contributed by atoms with Crippen molar-refractivity contribution >= 4 is 38.2 Å². The summed E-state index contributed by atoms with van der Waals surface area (Å²) in [6.07, 6.45) is 0. The lowest BCUT2D eigenvalue weighted by molar-refractivity contribution is 0.102. The van der Waals surface area contributed by atoms with Crippen molar-refractivity contribution in [2.45, 2.75) is 18.7 Å². The second-order valence-corrected chi connectivity index (χ2v) is 10.5. The summed E-state index contributed by atoms with van der Waals surface area (Å²) in [6, 6.07) is 30.6. The molecule has 0 aliphatic rings. The standard InChI is InChI=1S/C30H25N3O3S/c1-20-12-18-25(19-13-20)37(35,36)33-24-16-14-23(15-17-24)31-30(34)28-21(2)29(22-8-4-3-5-9-22)32-27-11-7-6-10-26(27)28/h3-19,33H,1-2H3,(H,31,34). The summed E-state index contributed by atoms with van der Waals surface area (Å²) in [6.45, 7) is 3.80. The molecule has 0 saturated carbocycles. The maximum Gasteiger partial charge on any atom is 0.261 e. The van der Waals surface area contributed by atoms with Crippen molar-refractivity contribution in [2.75, 3.05) is 10.0 Å². The molecule has 0 aliphatic carbocycles. The fourth-order valence-corrected chi connectivity index (χ4v) is 5.28. The van der Waals surface area contributed by atoms with E-state index in [1.54, 1.807) is 48.5 Å². The van der Waals surface area contributed by atoms with Crippen molar-refractivity contribution in [1.29, 1.82) is 0 Å². The minimum absolute atomic E-state index is 0.185. The van der Waals surface area contributed by atoms with Crippen LogP contribution >= 0.6 is 0 Å². The molecule has 6 nitrogen and oxygen atoms in total. The highest BCUT2D eigenvalue weighted by molar-refractivity contribution is 7.92. The predicted molar refractivity (Wildman–Crippen MR) is 148 cm³/mol. The van der Waals surface area contributed by atoms with Crippen LogP contribution < -0.4 is 10.0 Å². The molecule has 0 atom stereocenters. The largest absolute Gasteiger partial charge is 0.322 e. The van der Waals surface area contributed by atoms with Gasteiger partial charge in [-0.1, -0.05) is 66.2 Å². The first kappa shape index (κ1) is 24.2. The molecule has 0 fully saturated rings. The molecular weight excluding hydrogens is 482 g/mol. The number of para-hydroxylation sites is 1. The van der Waals surface area contributed by atoms with Gasteiger partial charge in [0.2, 0.25) is 0 Å². The van der Waals surface area contributed by atoms with E-state index >= 15 is 0 Å². The summed E-state index contributed by atoms with van der Waals surface area (Å²) < 4.78 is 27.9. The van der Waals surface area contributed by atoms with Gasteiger partial charge >= 0.3 is 0 Å². The molecule has 1 aromatic heterocycles. The molecule has 4 aromatic carbocycles. The molecule has 7 heteroatoms. The Bertz CT molecular complexity index is 1700. The molecule has 0 unspecified atom stereocenters. The summed E-state index contributed by atoms with van der Waals surface area (Å²) in [5.41, 5.74) is 5.68. The normalized spacial score (nSPS) is 11.3. The molecule has 184 valence electrons. The van der Waals surface area contributed by atoms with Gasteiger partial charge in [0.1, 0.15) is 0 Å². The third kappa shape index (κ3) is 5.08. The van der Waals surface area contributed by atoms with Crippen LogP contribution in [0.25, 0.3) is 22.2 Å². The molecule has 2 N–H and O–H groups in total. The zero-order chi connectivity index (χ0) is 26.0. The number of carbonyl (C=O) groups excluding carboxylic acids is 1. The Hall–Kier alpha value is -4.49. The molecule has 1 amide bonds. The topological polar surface area (TPSA) is 88.2 Å².